The third kappa shape index (κ3) is 4.63. The average molecular weight is 401 g/mol. The van der Waals surface area contributed by atoms with Gasteiger partial charge in [-0.1, -0.05) is 60.7 Å². The van der Waals surface area contributed by atoms with Gasteiger partial charge in [-0.2, -0.15) is 0 Å². The number of nitrogens with one attached hydrogen (secondary N) is 1. The summed E-state index contributed by atoms with van der Waals surface area (Å²) < 4.78 is 5.36. The van der Waals surface area contributed by atoms with Crippen molar-refractivity contribution in [3.05, 3.63) is 101 Å². The molecule has 1 unspecified atom stereocenters. The number of amides is 1. The monoisotopic (exact) mass is 401 g/mol. The van der Waals surface area contributed by atoms with Gasteiger partial charge in [-0.25, -0.2) is 4.79 Å². The lowest BCUT2D eigenvalue weighted by atomic mass is 9.98. The Labute approximate surface area is 175 Å². The zero-order chi connectivity index (χ0) is 21.7. The first-order valence-corrected chi connectivity index (χ1v) is 9.65. The molecule has 0 bridgehead atoms. The quantitative estimate of drug-likeness (QED) is 0.479. The second kappa shape index (κ2) is 9.18. The smallest absolute Gasteiger partial charge is 0.339 e. The first-order chi connectivity index (χ1) is 14.4. The number of ether oxygens (including phenoxy) is 1. The Morgan fingerprint density at radius 1 is 0.800 bits per heavy atom. The predicted octanol–water partition coefficient (Wildman–Crippen LogP) is 4.72. The van der Waals surface area contributed by atoms with E-state index >= 15 is 0 Å². The second-order valence-corrected chi connectivity index (χ2v) is 7.02. The van der Waals surface area contributed by atoms with Crippen molar-refractivity contribution in [2.24, 2.45) is 0 Å². The molecule has 5 heteroatoms. The molecular weight excluding hydrogens is 378 g/mol. The molecular formula is C25H23NO4. The van der Waals surface area contributed by atoms with E-state index in [9.17, 15) is 14.4 Å². The van der Waals surface area contributed by atoms with Gasteiger partial charge in [-0.3, -0.25) is 9.59 Å². The van der Waals surface area contributed by atoms with Crippen LogP contribution < -0.4 is 5.32 Å². The molecule has 3 aromatic carbocycles. The molecule has 3 aromatic rings. The molecule has 0 saturated heterocycles. The molecule has 0 heterocycles. The Morgan fingerprint density at radius 3 is 2.13 bits per heavy atom. The molecule has 0 radical (unpaired) electrons. The molecule has 30 heavy (non-hydrogen) atoms. The summed E-state index contributed by atoms with van der Waals surface area (Å²) in [6.45, 7) is 5.36. The zero-order valence-corrected chi connectivity index (χ0v) is 17.1. The standard InChI is InChI=1S/C25H23NO4/c1-16-10-9-15-22(17(16)2)26-24(28)18(3)30-25(29)21-14-8-7-13-20(21)23(27)19-11-5-4-6-12-19/h4-15,18H,1-3H3,(H,26,28). The third-order valence-electron chi connectivity index (χ3n) is 4.94. The average Bonchev–Trinajstić information content (AvgIpc) is 2.76. The minimum absolute atomic E-state index is 0.123. The fraction of sp³-hybridized carbons (Fsp3) is 0.160. The van der Waals surface area contributed by atoms with Crippen LogP contribution in [0.15, 0.2) is 72.8 Å². The number of aryl methyl sites for hydroxylation is 1. The summed E-state index contributed by atoms with van der Waals surface area (Å²) in [6.07, 6.45) is -1.03. The van der Waals surface area contributed by atoms with E-state index in [0.717, 1.165) is 11.1 Å². The van der Waals surface area contributed by atoms with Crippen molar-refractivity contribution in [2.45, 2.75) is 26.9 Å². The van der Waals surface area contributed by atoms with Crippen LogP contribution >= 0.6 is 0 Å². The Morgan fingerprint density at radius 2 is 1.43 bits per heavy atom. The first kappa shape index (κ1) is 21.0. The molecule has 152 valence electrons. The van der Waals surface area contributed by atoms with E-state index in [-0.39, 0.29) is 16.9 Å². The van der Waals surface area contributed by atoms with Crippen molar-refractivity contribution in [3.63, 3.8) is 0 Å². The van der Waals surface area contributed by atoms with Crippen molar-refractivity contribution < 1.29 is 19.1 Å². The number of carbonyl (C=O) groups excluding carboxylic acids is 3. The van der Waals surface area contributed by atoms with E-state index in [1.54, 1.807) is 48.5 Å². The maximum atomic E-state index is 12.8. The molecule has 0 aromatic heterocycles. The molecule has 3 rings (SSSR count). The van der Waals surface area contributed by atoms with E-state index in [1.807, 2.05) is 32.0 Å². The summed E-state index contributed by atoms with van der Waals surface area (Å²) >= 11 is 0. The third-order valence-corrected chi connectivity index (χ3v) is 4.94. The molecule has 1 N–H and O–H groups in total. The molecule has 0 aliphatic heterocycles. The Balaban J connectivity index is 1.75. The van der Waals surface area contributed by atoms with E-state index in [4.69, 9.17) is 4.74 Å². The summed E-state index contributed by atoms with van der Waals surface area (Å²) in [7, 11) is 0. The van der Waals surface area contributed by atoms with Crippen LogP contribution in [0.4, 0.5) is 5.69 Å². The SMILES string of the molecule is Cc1cccc(NC(=O)C(C)OC(=O)c2ccccc2C(=O)c2ccccc2)c1C. The minimum Gasteiger partial charge on any atom is -0.449 e. The summed E-state index contributed by atoms with van der Waals surface area (Å²) in [5.41, 5.74) is 3.49. The molecule has 0 aliphatic carbocycles. The van der Waals surface area contributed by atoms with Crippen LogP contribution in [0, 0.1) is 13.8 Å². The lowest BCUT2D eigenvalue weighted by Crippen LogP contribution is -2.30. The maximum Gasteiger partial charge on any atom is 0.339 e. The van der Waals surface area contributed by atoms with Gasteiger partial charge in [0.1, 0.15) is 0 Å². The minimum atomic E-state index is -1.03. The lowest BCUT2D eigenvalue weighted by molar-refractivity contribution is -0.123. The number of carbonyl (C=O) groups is 3. The maximum absolute atomic E-state index is 12.8. The van der Waals surface area contributed by atoms with Gasteiger partial charge in [0.25, 0.3) is 5.91 Å². The van der Waals surface area contributed by atoms with Crippen LogP contribution in [0.2, 0.25) is 0 Å². The fourth-order valence-corrected chi connectivity index (χ4v) is 3.00. The molecule has 5 nitrogen and oxygen atoms in total. The second-order valence-electron chi connectivity index (χ2n) is 7.02. The van der Waals surface area contributed by atoms with Crippen LogP contribution in [0.25, 0.3) is 0 Å². The lowest BCUT2D eigenvalue weighted by Gasteiger charge is -2.16. The van der Waals surface area contributed by atoms with Crippen LogP contribution in [0.1, 0.15) is 44.3 Å². The highest BCUT2D eigenvalue weighted by Crippen LogP contribution is 2.19. The largest absolute Gasteiger partial charge is 0.449 e. The van der Waals surface area contributed by atoms with Crippen molar-refractivity contribution in [2.75, 3.05) is 5.32 Å². The van der Waals surface area contributed by atoms with Crippen LogP contribution in [0.5, 0.6) is 0 Å². The number of hydrogen-bond acceptors (Lipinski definition) is 4. The summed E-state index contributed by atoms with van der Waals surface area (Å²) in [5, 5.41) is 2.79. The topological polar surface area (TPSA) is 72.5 Å². The van der Waals surface area contributed by atoms with Crippen molar-refractivity contribution in [3.8, 4) is 0 Å². The van der Waals surface area contributed by atoms with Gasteiger partial charge >= 0.3 is 5.97 Å². The number of hydrogen-bond donors (Lipinski definition) is 1. The normalized spacial score (nSPS) is 11.4. The number of ketones is 1. The van der Waals surface area contributed by atoms with Crippen molar-refractivity contribution in [1.29, 1.82) is 0 Å². The number of benzene rings is 3. The highest BCUT2D eigenvalue weighted by Gasteiger charge is 2.23. The summed E-state index contributed by atoms with van der Waals surface area (Å²) in [5.74, 6) is -1.45. The Hall–Kier alpha value is -3.73. The van der Waals surface area contributed by atoms with Crippen LogP contribution in [-0.4, -0.2) is 23.8 Å². The summed E-state index contributed by atoms with van der Waals surface area (Å²) in [4.78, 5) is 38.1. The summed E-state index contributed by atoms with van der Waals surface area (Å²) in [6, 6.07) is 20.7. The number of anilines is 1. The zero-order valence-electron chi connectivity index (χ0n) is 17.1. The molecule has 0 aliphatic rings. The fourth-order valence-electron chi connectivity index (χ4n) is 3.00. The van der Waals surface area contributed by atoms with Gasteiger partial charge in [0, 0.05) is 16.8 Å². The highest BCUT2D eigenvalue weighted by molar-refractivity contribution is 6.14. The van der Waals surface area contributed by atoms with E-state index in [1.165, 1.54) is 13.0 Å². The van der Waals surface area contributed by atoms with Gasteiger partial charge in [0.15, 0.2) is 11.9 Å². The van der Waals surface area contributed by atoms with Gasteiger partial charge in [-0.05, 0) is 44.0 Å². The Kier molecular flexibility index (Phi) is 6.42. The van der Waals surface area contributed by atoms with Gasteiger partial charge < -0.3 is 10.1 Å². The first-order valence-electron chi connectivity index (χ1n) is 9.65. The van der Waals surface area contributed by atoms with Gasteiger partial charge in [-0.15, -0.1) is 0 Å². The Bertz CT molecular complexity index is 1090. The molecule has 0 fully saturated rings. The molecule has 0 spiro atoms. The van der Waals surface area contributed by atoms with E-state index < -0.39 is 18.0 Å². The highest BCUT2D eigenvalue weighted by atomic mass is 16.5. The van der Waals surface area contributed by atoms with E-state index in [2.05, 4.69) is 5.32 Å². The van der Waals surface area contributed by atoms with Gasteiger partial charge in [0.05, 0.1) is 5.56 Å². The van der Waals surface area contributed by atoms with E-state index in [0.29, 0.717) is 11.3 Å². The van der Waals surface area contributed by atoms with Crippen molar-refractivity contribution >= 4 is 23.3 Å². The predicted molar refractivity (Wildman–Crippen MR) is 116 cm³/mol. The van der Waals surface area contributed by atoms with Gasteiger partial charge in [0.2, 0.25) is 0 Å². The van der Waals surface area contributed by atoms with Crippen LogP contribution in [0.3, 0.4) is 0 Å². The van der Waals surface area contributed by atoms with Crippen molar-refractivity contribution in [1.82, 2.24) is 0 Å². The van der Waals surface area contributed by atoms with Crippen LogP contribution in [-0.2, 0) is 9.53 Å². The molecule has 1 atom stereocenters. The molecule has 0 saturated carbocycles. The molecule has 1 amide bonds. The number of esters is 1. The number of rotatable bonds is 6.